The van der Waals surface area contributed by atoms with Crippen molar-refractivity contribution in [2.24, 2.45) is 0 Å². The van der Waals surface area contributed by atoms with Gasteiger partial charge >= 0.3 is 6.61 Å². The summed E-state index contributed by atoms with van der Waals surface area (Å²) < 4.78 is 58.0. The van der Waals surface area contributed by atoms with Gasteiger partial charge in [0.2, 0.25) is 10.0 Å². The molecule has 0 N–H and O–H groups in total. The molecule has 6 nitrogen and oxygen atoms in total. The van der Waals surface area contributed by atoms with E-state index in [4.69, 9.17) is 0 Å². The fourth-order valence-electron chi connectivity index (χ4n) is 4.50. The Kier molecular flexibility index (Phi) is 6.48. The molecule has 4 rings (SSSR count). The molecule has 2 heterocycles. The number of para-hydroxylation sites is 1. The Bertz CT molecular complexity index is 1090. The van der Waals surface area contributed by atoms with Crippen molar-refractivity contribution in [3.05, 3.63) is 53.6 Å². The Morgan fingerprint density at radius 3 is 2.50 bits per heavy atom. The molecular weight excluding hydrogens is 438 g/mol. The molecule has 0 spiro atoms. The van der Waals surface area contributed by atoms with Crippen LogP contribution < -0.4 is 9.64 Å². The molecule has 0 aliphatic carbocycles. The van der Waals surface area contributed by atoms with Gasteiger partial charge in [0, 0.05) is 24.7 Å². The number of benzene rings is 2. The number of anilines is 1. The van der Waals surface area contributed by atoms with Crippen LogP contribution in [0, 0.1) is 0 Å². The van der Waals surface area contributed by atoms with Gasteiger partial charge in [-0.2, -0.15) is 13.1 Å². The van der Waals surface area contributed by atoms with E-state index in [9.17, 15) is 22.0 Å². The third-order valence-electron chi connectivity index (χ3n) is 6.09. The minimum atomic E-state index is -3.64. The Morgan fingerprint density at radius 2 is 1.81 bits per heavy atom. The Balaban J connectivity index is 1.61. The number of sulfonamides is 1. The Hall–Kier alpha value is -2.52. The lowest BCUT2D eigenvalue weighted by atomic mass is 10.00. The van der Waals surface area contributed by atoms with Gasteiger partial charge in [-0.05, 0) is 68.5 Å². The van der Waals surface area contributed by atoms with E-state index in [-0.39, 0.29) is 28.2 Å². The van der Waals surface area contributed by atoms with Crippen LogP contribution >= 0.6 is 0 Å². The number of alkyl halides is 2. The van der Waals surface area contributed by atoms with Crippen molar-refractivity contribution in [3.63, 3.8) is 0 Å². The van der Waals surface area contributed by atoms with Crippen molar-refractivity contribution >= 4 is 21.6 Å². The Morgan fingerprint density at radius 1 is 1.06 bits per heavy atom. The Labute approximate surface area is 186 Å². The van der Waals surface area contributed by atoms with Crippen LogP contribution in [0.4, 0.5) is 14.5 Å². The van der Waals surface area contributed by atoms with Gasteiger partial charge in [-0.15, -0.1) is 0 Å². The molecule has 9 heteroatoms. The summed E-state index contributed by atoms with van der Waals surface area (Å²) >= 11 is 0. The number of ether oxygens (including phenoxy) is 1. The molecule has 1 saturated heterocycles. The summed E-state index contributed by atoms with van der Waals surface area (Å²) in [6.07, 6.45) is 4.01. The zero-order chi connectivity index (χ0) is 22.9. The lowest BCUT2D eigenvalue weighted by Gasteiger charge is -2.32. The van der Waals surface area contributed by atoms with E-state index >= 15 is 0 Å². The van der Waals surface area contributed by atoms with Crippen LogP contribution in [0.1, 0.15) is 48.5 Å². The monoisotopic (exact) mass is 464 g/mol. The first-order chi connectivity index (χ1) is 15.3. The summed E-state index contributed by atoms with van der Waals surface area (Å²) in [6, 6.07) is 10.6. The van der Waals surface area contributed by atoms with Crippen LogP contribution in [0.2, 0.25) is 0 Å². The van der Waals surface area contributed by atoms with Gasteiger partial charge in [-0.1, -0.05) is 18.6 Å². The summed E-state index contributed by atoms with van der Waals surface area (Å²) in [5, 5.41) is 0. The van der Waals surface area contributed by atoms with Gasteiger partial charge in [0.05, 0.1) is 10.6 Å². The van der Waals surface area contributed by atoms with Crippen molar-refractivity contribution in [1.29, 1.82) is 0 Å². The SMILES string of the molecule is CC1CCCCN1S(=O)(=O)c1ccc(C(=O)N2CCCc3cccc(OC(F)F)c32)cc1. The van der Waals surface area contributed by atoms with Crippen molar-refractivity contribution in [2.45, 2.75) is 56.6 Å². The van der Waals surface area contributed by atoms with Crippen LogP contribution in [0.3, 0.4) is 0 Å². The molecule has 1 unspecified atom stereocenters. The minimum Gasteiger partial charge on any atom is -0.433 e. The first-order valence-corrected chi connectivity index (χ1v) is 12.2. The van der Waals surface area contributed by atoms with E-state index < -0.39 is 16.6 Å². The number of fused-ring (bicyclic) bond motifs is 1. The van der Waals surface area contributed by atoms with E-state index in [1.54, 1.807) is 12.1 Å². The van der Waals surface area contributed by atoms with Crippen LogP contribution in [-0.4, -0.2) is 44.4 Å². The number of amides is 1. The lowest BCUT2D eigenvalue weighted by molar-refractivity contribution is -0.0495. The number of carbonyl (C=O) groups excluding carboxylic acids is 1. The average Bonchev–Trinajstić information content (AvgIpc) is 2.78. The maximum absolute atomic E-state index is 13.2. The summed E-state index contributed by atoms with van der Waals surface area (Å²) in [4.78, 5) is 14.8. The summed E-state index contributed by atoms with van der Waals surface area (Å²) in [5.74, 6) is -0.421. The van der Waals surface area contributed by atoms with Gasteiger partial charge in [-0.3, -0.25) is 4.79 Å². The molecule has 2 aromatic carbocycles. The molecule has 0 radical (unpaired) electrons. The lowest BCUT2D eigenvalue weighted by Crippen LogP contribution is -2.41. The number of hydrogen-bond acceptors (Lipinski definition) is 4. The highest BCUT2D eigenvalue weighted by Gasteiger charge is 2.32. The third-order valence-corrected chi connectivity index (χ3v) is 8.12. The zero-order valence-electron chi connectivity index (χ0n) is 17.8. The fourth-order valence-corrected chi connectivity index (χ4v) is 6.20. The maximum atomic E-state index is 13.2. The molecular formula is C23H26F2N2O4S. The number of aryl methyl sites for hydroxylation is 1. The second kappa shape index (κ2) is 9.15. The second-order valence-corrected chi connectivity index (χ2v) is 10.1. The summed E-state index contributed by atoms with van der Waals surface area (Å²) in [5.41, 5.74) is 1.40. The van der Waals surface area contributed by atoms with E-state index in [1.165, 1.54) is 39.5 Å². The van der Waals surface area contributed by atoms with Gasteiger partial charge in [0.15, 0.2) is 0 Å². The van der Waals surface area contributed by atoms with Crippen LogP contribution in [0.5, 0.6) is 5.75 Å². The molecule has 2 aromatic rings. The minimum absolute atomic E-state index is 0.0381. The summed E-state index contributed by atoms with van der Waals surface area (Å²) in [6.45, 7) is -0.244. The third kappa shape index (κ3) is 4.36. The summed E-state index contributed by atoms with van der Waals surface area (Å²) in [7, 11) is -3.64. The molecule has 1 atom stereocenters. The second-order valence-electron chi connectivity index (χ2n) is 8.19. The molecule has 32 heavy (non-hydrogen) atoms. The molecule has 2 aliphatic rings. The molecule has 0 saturated carbocycles. The molecule has 1 amide bonds. The molecule has 0 aromatic heterocycles. The van der Waals surface area contributed by atoms with Gasteiger partial charge in [0.25, 0.3) is 5.91 Å². The van der Waals surface area contributed by atoms with E-state index in [2.05, 4.69) is 4.74 Å². The van der Waals surface area contributed by atoms with E-state index in [0.29, 0.717) is 31.6 Å². The number of halogens is 2. The van der Waals surface area contributed by atoms with Crippen LogP contribution in [0.25, 0.3) is 0 Å². The highest BCUT2D eigenvalue weighted by molar-refractivity contribution is 7.89. The molecule has 0 bridgehead atoms. The number of nitrogens with zero attached hydrogens (tertiary/aromatic N) is 2. The topological polar surface area (TPSA) is 66.9 Å². The number of carbonyl (C=O) groups is 1. The quantitative estimate of drug-likeness (QED) is 0.656. The van der Waals surface area contributed by atoms with Crippen LogP contribution in [0.15, 0.2) is 47.4 Å². The fraction of sp³-hybridized carbons (Fsp3) is 0.435. The predicted molar refractivity (Wildman–Crippen MR) is 117 cm³/mol. The van der Waals surface area contributed by atoms with Gasteiger partial charge < -0.3 is 9.64 Å². The maximum Gasteiger partial charge on any atom is 0.387 e. The largest absolute Gasteiger partial charge is 0.433 e. The number of rotatable bonds is 5. The average molecular weight is 465 g/mol. The van der Waals surface area contributed by atoms with E-state index in [1.807, 2.05) is 6.92 Å². The highest BCUT2D eigenvalue weighted by atomic mass is 32.2. The smallest absolute Gasteiger partial charge is 0.387 e. The molecule has 2 aliphatic heterocycles. The zero-order valence-corrected chi connectivity index (χ0v) is 18.7. The normalized spacial score (nSPS) is 19.6. The van der Waals surface area contributed by atoms with Crippen LogP contribution in [-0.2, 0) is 16.4 Å². The van der Waals surface area contributed by atoms with Crippen molar-refractivity contribution in [2.75, 3.05) is 18.0 Å². The standard InChI is InChI=1S/C23H26F2N2O4S/c1-16-6-2-3-15-27(16)32(29,30)19-12-10-18(11-13-19)22(28)26-14-5-8-17-7-4-9-20(21(17)26)31-23(24)25/h4,7,9-13,16,23H,2-3,5-6,8,14-15H2,1H3. The molecule has 1 fully saturated rings. The van der Waals surface area contributed by atoms with Crippen molar-refractivity contribution in [3.8, 4) is 5.75 Å². The van der Waals surface area contributed by atoms with Crippen molar-refractivity contribution < 1.29 is 26.7 Å². The number of hydrogen-bond donors (Lipinski definition) is 0. The van der Waals surface area contributed by atoms with Gasteiger partial charge in [-0.25, -0.2) is 8.42 Å². The van der Waals surface area contributed by atoms with E-state index in [0.717, 1.165) is 24.8 Å². The first-order valence-electron chi connectivity index (χ1n) is 10.8. The predicted octanol–water partition coefficient (Wildman–Crippen LogP) is 4.44. The van der Waals surface area contributed by atoms with Gasteiger partial charge in [0.1, 0.15) is 5.75 Å². The van der Waals surface area contributed by atoms with Crippen molar-refractivity contribution in [1.82, 2.24) is 4.31 Å². The highest BCUT2D eigenvalue weighted by Crippen LogP contribution is 2.38. The molecule has 172 valence electrons. The number of piperidine rings is 1. The first kappa shape index (κ1) is 22.7.